The zero-order chi connectivity index (χ0) is 14.6. The number of carbonyl (C=O) groups excluding carboxylic acids is 1. The molecule has 0 heterocycles. The van der Waals surface area contributed by atoms with Crippen LogP contribution in [0.4, 0.5) is 0 Å². The largest absolute Gasteiger partial charge is 0.469 e. The van der Waals surface area contributed by atoms with Crippen LogP contribution in [0, 0.1) is 23.7 Å². The second kappa shape index (κ2) is 6.74. The number of carbonyl (C=O) groups is 1. The molecule has 0 spiro atoms. The first-order chi connectivity index (χ1) is 8.81. The molecule has 3 unspecified atom stereocenters. The van der Waals surface area contributed by atoms with E-state index in [-0.39, 0.29) is 11.9 Å². The van der Waals surface area contributed by atoms with Crippen LogP contribution in [0.1, 0.15) is 59.8 Å². The third-order valence-corrected chi connectivity index (χ3v) is 4.78. The van der Waals surface area contributed by atoms with Gasteiger partial charge >= 0.3 is 5.97 Å². The van der Waals surface area contributed by atoms with Gasteiger partial charge in [0, 0.05) is 0 Å². The first kappa shape index (κ1) is 16.5. The molecule has 1 aliphatic rings. The maximum atomic E-state index is 12.0. The maximum absolute atomic E-state index is 12.0. The van der Waals surface area contributed by atoms with Crippen LogP contribution in [0.3, 0.4) is 0 Å². The van der Waals surface area contributed by atoms with Crippen LogP contribution >= 0.6 is 0 Å². The minimum absolute atomic E-state index is 0.105. The van der Waals surface area contributed by atoms with Crippen molar-refractivity contribution in [2.24, 2.45) is 23.7 Å². The number of ether oxygens (including phenoxy) is 1. The molecule has 3 nitrogen and oxygen atoms in total. The Morgan fingerprint density at radius 1 is 1.21 bits per heavy atom. The lowest BCUT2D eigenvalue weighted by molar-refractivity contribution is -0.160. The molecule has 1 N–H and O–H groups in total. The average molecular weight is 270 g/mol. The standard InChI is InChI=1S/C16H30O3/c1-11(2)13-7-6-9-16(18,10-8-13)14(12(3)4)15(17)19-5/h11-14,18H,6-10H2,1-5H3. The Balaban J connectivity index is 2.86. The Bertz CT molecular complexity index is 298. The van der Waals surface area contributed by atoms with Crippen LogP contribution < -0.4 is 0 Å². The Morgan fingerprint density at radius 2 is 1.84 bits per heavy atom. The summed E-state index contributed by atoms with van der Waals surface area (Å²) in [5, 5.41) is 11.0. The van der Waals surface area contributed by atoms with E-state index in [0.717, 1.165) is 19.3 Å². The van der Waals surface area contributed by atoms with Crippen molar-refractivity contribution in [3.05, 3.63) is 0 Å². The number of methoxy groups -OCH3 is 1. The molecule has 1 saturated carbocycles. The molecule has 0 aromatic heterocycles. The van der Waals surface area contributed by atoms with Crippen molar-refractivity contribution in [3.63, 3.8) is 0 Å². The first-order valence-corrected chi connectivity index (χ1v) is 7.62. The van der Waals surface area contributed by atoms with Gasteiger partial charge in [-0.15, -0.1) is 0 Å². The van der Waals surface area contributed by atoms with Crippen molar-refractivity contribution in [1.82, 2.24) is 0 Å². The van der Waals surface area contributed by atoms with Gasteiger partial charge in [0.1, 0.15) is 0 Å². The topological polar surface area (TPSA) is 46.5 Å². The average Bonchev–Trinajstić information content (AvgIpc) is 2.51. The molecule has 3 atom stereocenters. The second-order valence-electron chi connectivity index (χ2n) is 6.78. The van der Waals surface area contributed by atoms with Gasteiger partial charge in [-0.2, -0.15) is 0 Å². The monoisotopic (exact) mass is 270 g/mol. The summed E-state index contributed by atoms with van der Waals surface area (Å²) in [5.74, 6) is 0.759. The highest BCUT2D eigenvalue weighted by atomic mass is 16.5. The summed E-state index contributed by atoms with van der Waals surface area (Å²) in [5.41, 5.74) is -0.884. The van der Waals surface area contributed by atoms with E-state index in [0.29, 0.717) is 24.7 Å². The van der Waals surface area contributed by atoms with Crippen molar-refractivity contribution in [1.29, 1.82) is 0 Å². The van der Waals surface area contributed by atoms with Crippen molar-refractivity contribution >= 4 is 5.97 Å². The molecule has 1 rings (SSSR count). The lowest BCUT2D eigenvalue weighted by Crippen LogP contribution is -2.45. The predicted molar refractivity (Wildman–Crippen MR) is 76.7 cm³/mol. The molecular formula is C16H30O3. The van der Waals surface area contributed by atoms with Crippen LogP contribution in [0.25, 0.3) is 0 Å². The normalized spacial score (nSPS) is 30.2. The Hall–Kier alpha value is -0.570. The van der Waals surface area contributed by atoms with E-state index in [1.54, 1.807) is 0 Å². The summed E-state index contributed by atoms with van der Waals surface area (Å²) in [6.45, 7) is 8.47. The molecule has 112 valence electrons. The van der Waals surface area contributed by atoms with E-state index in [4.69, 9.17) is 4.74 Å². The molecular weight excluding hydrogens is 240 g/mol. The molecule has 1 fully saturated rings. The van der Waals surface area contributed by atoms with E-state index in [2.05, 4.69) is 13.8 Å². The summed E-state index contributed by atoms with van der Waals surface area (Å²) >= 11 is 0. The lowest BCUT2D eigenvalue weighted by Gasteiger charge is -2.36. The summed E-state index contributed by atoms with van der Waals surface area (Å²) < 4.78 is 4.91. The minimum Gasteiger partial charge on any atom is -0.469 e. The fourth-order valence-electron chi connectivity index (χ4n) is 3.59. The smallest absolute Gasteiger partial charge is 0.311 e. The van der Waals surface area contributed by atoms with Gasteiger partial charge in [-0.05, 0) is 37.0 Å². The summed E-state index contributed by atoms with van der Waals surface area (Å²) in [6.07, 6.45) is 4.60. The zero-order valence-electron chi connectivity index (χ0n) is 13.1. The van der Waals surface area contributed by atoms with Gasteiger partial charge in [-0.3, -0.25) is 4.79 Å². The number of hydrogen-bond acceptors (Lipinski definition) is 3. The van der Waals surface area contributed by atoms with E-state index in [1.165, 1.54) is 7.11 Å². The zero-order valence-corrected chi connectivity index (χ0v) is 13.1. The molecule has 0 aliphatic heterocycles. The van der Waals surface area contributed by atoms with Crippen molar-refractivity contribution in [2.75, 3.05) is 7.11 Å². The molecule has 0 amide bonds. The number of hydrogen-bond donors (Lipinski definition) is 1. The summed E-state index contributed by atoms with van der Waals surface area (Å²) in [4.78, 5) is 12.0. The van der Waals surface area contributed by atoms with Crippen LogP contribution in [-0.2, 0) is 9.53 Å². The van der Waals surface area contributed by atoms with Crippen molar-refractivity contribution in [2.45, 2.75) is 65.4 Å². The van der Waals surface area contributed by atoms with E-state index < -0.39 is 11.5 Å². The van der Waals surface area contributed by atoms with Crippen molar-refractivity contribution < 1.29 is 14.6 Å². The molecule has 0 saturated heterocycles. The van der Waals surface area contributed by atoms with Crippen LogP contribution in [-0.4, -0.2) is 23.8 Å². The van der Waals surface area contributed by atoms with Crippen LogP contribution in [0.15, 0.2) is 0 Å². The summed E-state index contributed by atoms with van der Waals surface area (Å²) in [7, 11) is 1.41. The predicted octanol–water partition coefficient (Wildman–Crippen LogP) is 3.40. The SMILES string of the molecule is COC(=O)C(C(C)C)C1(O)CCCC(C(C)C)CC1. The van der Waals surface area contributed by atoms with Gasteiger partial charge in [0.05, 0.1) is 18.6 Å². The van der Waals surface area contributed by atoms with Crippen LogP contribution in [0.5, 0.6) is 0 Å². The molecule has 3 heteroatoms. The Kier molecular flexibility index (Phi) is 5.84. The third kappa shape index (κ3) is 3.95. The number of aliphatic hydroxyl groups is 1. The van der Waals surface area contributed by atoms with Gasteiger partial charge in [-0.1, -0.05) is 40.5 Å². The van der Waals surface area contributed by atoms with Gasteiger partial charge in [0.25, 0.3) is 0 Å². The van der Waals surface area contributed by atoms with E-state index >= 15 is 0 Å². The molecule has 19 heavy (non-hydrogen) atoms. The first-order valence-electron chi connectivity index (χ1n) is 7.62. The second-order valence-corrected chi connectivity index (χ2v) is 6.78. The number of esters is 1. The lowest BCUT2D eigenvalue weighted by atomic mass is 9.75. The summed E-state index contributed by atoms with van der Waals surface area (Å²) in [6, 6.07) is 0. The molecule has 0 aromatic rings. The highest BCUT2D eigenvalue weighted by Crippen LogP contribution is 2.40. The molecule has 0 bridgehead atoms. The highest BCUT2D eigenvalue weighted by Gasteiger charge is 2.44. The quantitative estimate of drug-likeness (QED) is 0.629. The Labute approximate surface area is 117 Å². The highest BCUT2D eigenvalue weighted by molar-refractivity contribution is 5.74. The molecule has 1 aliphatic carbocycles. The third-order valence-electron chi connectivity index (χ3n) is 4.78. The maximum Gasteiger partial charge on any atom is 0.311 e. The minimum atomic E-state index is -0.884. The van der Waals surface area contributed by atoms with Crippen molar-refractivity contribution in [3.8, 4) is 0 Å². The van der Waals surface area contributed by atoms with Crippen LogP contribution in [0.2, 0.25) is 0 Å². The molecule has 0 radical (unpaired) electrons. The number of rotatable bonds is 4. The van der Waals surface area contributed by atoms with Gasteiger partial charge < -0.3 is 9.84 Å². The molecule has 0 aromatic carbocycles. The van der Waals surface area contributed by atoms with Gasteiger partial charge in [0.2, 0.25) is 0 Å². The van der Waals surface area contributed by atoms with Gasteiger partial charge in [0.15, 0.2) is 0 Å². The fraction of sp³-hybridized carbons (Fsp3) is 0.938. The fourth-order valence-corrected chi connectivity index (χ4v) is 3.59. The van der Waals surface area contributed by atoms with E-state index in [9.17, 15) is 9.90 Å². The van der Waals surface area contributed by atoms with E-state index in [1.807, 2.05) is 13.8 Å². The van der Waals surface area contributed by atoms with Gasteiger partial charge in [-0.25, -0.2) is 0 Å². The Morgan fingerprint density at radius 3 is 2.32 bits per heavy atom.